The lowest BCUT2D eigenvalue weighted by Gasteiger charge is -2.36. The summed E-state index contributed by atoms with van der Waals surface area (Å²) in [6, 6.07) is 10.7. The van der Waals surface area contributed by atoms with Gasteiger partial charge in [0.1, 0.15) is 6.04 Å². The summed E-state index contributed by atoms with van der Waals surface area (Å²) in [6.45, 7) is 4.81. The molecule has 4 N–H and O–H groups in total. The van der Waals surface area contributed by atoms with E-state index in [9.17, 15) is 19.2 Å². The highest BCUT2D eigenvalue weighted by Gasteiger charge is 2.44. The number of hydrogen-bond donors (Lipinski definition) is 4. The summed E-state index contributed by atoms with van der Waals surface area (Å²) in [6.07, 6.45) is 9.28. The fraction of sp³-hybridized carbons (Fsp3) is 0.417. The first kappa shape index (κ1) is 32.4. The van der Waals surface area contributed by atoms with Crippen LogP contribution in [0.3, 0.4) is 0 Å². The molecule has 3 aromatic rings. The lowest BCUT2D eigenvalue weighted by atomic mass is 9.77. The number of rotatable bonds is 11. The van der Waals surface area contributed by atoms with Crippen molar-refractivity contribution in [2.45, 2.75) is 50.6 Å². The lowest BCUT2D eigenvalue weighted by Crippen LogP contribution is -2.54. The quantitative estimate of drug-likeness (QED) is 0.136. The highest BCUT2D eigenvalue weighted by atomic mass is 16.2. The molecule has 3 aliphatic heterocycles. The number of anilines is 2. The van der Waals surface area contributed by atoms with Crippen LogP contribution in [0.5, 0.6) is 0 Å². The van der Waals surface area contributed by atoms with Crippen molar-refractivity contribution in [2.75, 3.05) is 50.0 Å². The summed E-state index contributed by atoms with van der Waals surface area (Å²) in [7, 11) is 2.15. The van der Waals surface area contributed by atoms with Gasteiger partial charge in [-0.15, -0.1) is 0 Å². The largest absolute Gasteiger partial charge is 0.388 e. The van der Waals surface area contributed by atoms with Crippen LogP contribution in [0, 0.1) is 11.3 Å². The molecule has 254 valence electrons. The number of aromatic nitrogens is 2. The number of piperidine rings is 1. The van der Waals surface area contributed by atoms with Crippen LogP contribution in [0.1, 0.15) is 64.9 Å². The van der Waals surface area contributed by atoms with Crippen LogP contribution in [0.15, 0.2) is 48.8 Å². The number of nitrogens with one attached hydrogen (secondary N) is 4. The third kappa shape index (κ3) is 6.75. The first-order valence-corrected chi connectivity index (χ1v) is 17.0. The van der Waals surface area contributed by atoms with Gasteiger partial charge in [0.25, 0.3) is 11.8 Å². The number of carbonyl (C=O) groups is 4. The molecule has 4 amide bonds. The Morgan fingerprint density at radius 1 is 1.00 bits per heavy atom. The van der Waals surface area contributed by atoms with Crippen LogP contribution >= 0.6 is 0 Å². The van der Waals surface area contributed by atoms with Crippen LogP contribution in [-0.2, 0) is 9.59 Å². The Morgan fingerprint density at radius 3 is 2.57 bits per heavy atom. The fourth-order valence-electron chi connectivity index (χ4n) is 7.11. The van der Waals surface area contributed by atoms with Gasteiger partial charge in [0.2, 0.25) is 11.8 Å². The summed E-state index contributed by atoms with van der Waals surface area (Å²) in [5.74, 6) is -1.41. The molecular formula is C36H41N9O4. The SMILES string of the molecule is CN1CCN(c2ccc3nc(/C(C=N)=C/NC4CC(CCCNc5ccc6c(c5)C(=O)N(C5CCC(=O)NC5=O)C6=O)C4)cnc3c2)CC1. The van der Waals surface area contributed by atoms with E-state index < -0.39 is 29.7 Å². The van der Waals surface area contributed by atoms with E-state index in [0.717, 1.165) is 80.0 Å². The number of allylic oxidation sites excluding steroid dienone is 1. The smallest absolute Gasteiger partial charge is 0.262 e. The molecule has 0 spiro atoms. The van der Waals surface area contributed by atoms with Crippen molar-refractivity contribution in [1.29, 1.82) is 5.41 Å². The van der Waals surface area contributed by atoms with E-state index in [-0.39, 0.29) is 24.0 Å². The molecule has 49 heavy (non-hydrogen) atoms. The van der Waals surface area contributed by atoms with Crippen LogP contribution in [-0.4, -0.2) is 101 Å². The zero-order chi connectivity index (χ0) is 34.1. The Balaban J connectivity index is 0.857. The number of benzene rings is 2. The average Bonchev–Trinajstić information content (AvgIpc) is 3.33. The average molecular weight is 664 g/mol. The monoisotopic (exact) mass is 663 g/mol. The number of imide groups is 2. The van der Waals surface area contributed by atoms with Gasteiger partial charge in [-0.2, -0.15) is 0 Å². The highest BCUT2D eigenvalue weighted by Crippen LogP contribution is 2.33. The highest BCUT2D eigenvalue weighted by molar-refractivity contribution is 6.23. The first-order valence-electron chi connectivity index (χ1n) is 17.0. The molecule has 1 aromatic heterocycles. The topological polar surface area (TPSA) is 164 Å². The molecule has 1 atom stereocenters. The van der Waals surface area contributed by atoms with E-state index in [1.807, 2.05) is 12.3 Å². The molecular weight excluding hydrogens is 622 g/mol. The molecule has 0 bridgehead atoms. The van der Waals surface area contributed by atoms with Crippen molar-refractivity contribution >= 4 is 57.8 Å². The van der Waals surface area contributed by atoms with Crippen molar-refractivity contribution in [3.05, 3.63) is 65.6 Å². The lowest BCUT2D eigenvalue weighted by molar-refractivity contribution is -0.136. The summed E-state index contributed by atoms with van der Waals surface area (Å²) in [4.78, 5) is 65.0. The minimum absolute atomic E-state index is 0.0923. The number of likely N-dealkylation sites (N-methyl/N-ethyl adjacent to an activating group) is 1. The van der Waals surface area contributed by atoms with Gasteiger partial charge in [-0.1, -0.05) is 0 Å². The number of piperazine rings is 1. The zero-order valence-corrected chi connectivity index (χ0v) is 27.6. The minimum Gasteiger partial charge on any atom is -0.388 e. The van der Waals surface area contributed by atoms with Gasteiger partial charge in [-0.05, 0) is 81.5 Å². The summed E-state index contributed by atoms with van der Waals surface area (Å²) in [5, 5.41) is 17.0. The van der Waals surface area contributed by atoms with Gasteiger partial charge in [-0.3, -0.25) is 34.4 Å². The van der Waals surface area contributed by atoms with Gasteiger partial charge in [-0.25, -0.2) is 4.98 Å². The van der Waals surface area contributed by atoms with Crippen LogP contribution < -0.4 is 20.9 Å². The second kappa shape index (κ2) is 13.7. The molecule has 13 heteroatoms. The van der Waals surface area contributed by atoms with E-state index in [0.29, 0.717) is 23.2 Å². The molecule has 0 radical (unpaired) electrons. The van der Waals surface area contributed by atoms with E-state index in [2.05, 4.69) is 49.9 Å². The molecule has 4 aliphatic rings. The van der Waals surface area contributed by atoms with Crippen LogP contribution in [0.25, 0.3) is 16.6 Å². The van der Waals surface area contributed by atoms with Crippen LogP contribution in [0.2, 0.25) is 0 Å². The minimum atomic E-state index is -0.969. The van der Waals surface area contributed by atoms with Crippen molar-refractivity contribution in [3.63, 3.8) is 0 Å². The van der Waals surface area contributed by atoms with E-state index in [1.54, 1.807) is 24.4 Å². The van der Waals surface area contributed by atoms with Crippen molar-refractivity contribution < 1.29 is 19.2 Å². The number of fused-ring (bicyclic) bond motifs is 2. The predicted octanol–water partition coefficient (Wildman–Crippen LogP) is 3.03. The Kier molecular flexibility index (Phi) is 9.09. The molecule has 2 saturated heterocycles. The second-order valence-corrected chi connectivity index (χ2v) is 13.4. The fourth-order valence-corrected chi connectivity index (χ4v) is 7.11. The molecule has 4 heterocycles. The molecule has 3 fully saturated rings. The molecule has 7 rings (SSSR count). The van der Waals surface area contributed by atoms with E-state index in [4.69, 9.17) is 10.4 Å². The van der Waals surface area contributed by atoms with Crippen molar-refractivity contribution in [3.8, 4) is 0 Å². The number of amides is 4. The predicted molar refractivity (Wildman–Crippen MR) is 186 cm³/mol. The number of carbonyl (C=O) groups excluding carboxylic acids is 4. The third-order valence-electron chi connectivity index (χ3n) is 10.1. The Morgan fingerprint density at radius 2 is 1.80 bits per heavy atom. The standard InChI is InChI=1S/C36H41N9O4/c1-43-11-13-44(14-12-43)26-5-7-29-30(18-26)40-21-31(41-29)23(19-37)20-39-25-15-22(16-25)3-2-10-38-24-4-6-27-28(17-24)36(49)45(35(27)48)32-8-9-33(46)42-34(32)47/h4-7,17-22,25,32,37-39H,2-3,8-16H2,1H3,(H,42,46,47)/b23-20+,37-19?. The summed E-state index contributed by atoms with van der Waals surface area (Å²) < 4.78 is 0. The van der Waals surface area contributed by atoms with Gasteiger partial charge < -0.3 is 25.8 Å². The van der Waals surface area contributed by atoms with Gasteiger partial charge >= 0.3 is 0 Å². The summed E-state index contributed by atoms with van der Waals surface area (Å²) >= 11 is 0. The molecule has 1 aliphatic carbocycles. The third-order valence-corrected chi connectivity index (χ3v) is 10.1. The Hall–Kier alpha value is -5.17. The maximum absolute atomic E-state index is 13.1. The Bertz CT molecular complexity index is 1850. The Labute approximate surface area is 284 Å². The second-order valence-electron chi connectivity index (χ2n) is 13.4. The number of nitrogens with zero attached hydrogens (tertiary/aromatic N) is 5. The van der Waals surface area contributed by atoms with Gasteiger partial charge in [0.05, 0.1) is 34.1 Å². The van der Waals surface area contributed by atoms with E-state index in [1.165, 1.54) is 11.9 Å². The summed E-state index contributed by atoms with van der Waals surface area (Å²) in [5.41, 5.74) is 5.49. The maximum Gasteiger partial charge on any atom is 0.262 e. The van der Waals surface area contributed by atoms with Crippen molar-refractivity contribution in [1.82, 2.24) is 30.4 Å². The molecule has 1 saturated carbocycles. The maximum atomic E-state index is 13.1. The van der Waals surface area contributed by atoms with E-state index >= 15 is 0 Å². The normalized spacial score (nSPS) is 23.0. The van der Waals surface area contributed by atoms with Gasteiger partial charge in [0, 0.05) is 74.5 Å². The van der Waals surface area contributed by atoms with Gasteiger partial charge in [0.15, 0.2) is 0 Å². The zero-order valence-electron chi connectivity index (χ0n) is 27.6. The van der Waals surface area contributed by atoms with Crippen molar-refractivity contribution in [2.24, 2.45) is 5.92 Å². The molecule has 1 unspecified atom stereocenters. The molecule has 13 nitrogen and oxygen atoms in total. The number of hydrogen-bond acceptors (Lipinski definition) is 11. The van der Waals surface area contributed by atoms with Crippen LogP contribution in [0.4, 0.5) is 11.4 Å². The molecule has 2 aromatic carbocycles. The first-order chi connectivity index (χ1) is 23.8.